The van der Waals surface area contributed by atoms with E-state index in [9.17, 15) is 4.79 Å². The number of carboxylic acids is 1. The molecule has 1 N–H and O–H groups in total. The maximum atomic E-state index is 10.9. The fraction of sp³-hybridized carbons (Fsp3) is 0.435. The van der Waals surface area contributed by atoms with Crippen molar-refractivity contribution in [3.8, 4) is 17.2 Å². The van der Waals surface area contributed by atoms with Crippen LogP contribution in [0.15, 0.2) is 30.3 Å². The summed E-state index contributed by atoms with van der Waals surface area (Å²) < 4.78 is 18.0. The quantitative estimate of drug-likeness (QED) is 0.618. The van der Waals surface area contributed by atoms with Crippen LogP contribution in [0.2, 0.25) is 5.02 Å². The Morgan fingerprint density at radius 2 is 2.00 bits per heavy atom. The first-order chi connectivity index (χ1) is 13.6. The van der Waals surface area contributed by atoms with E-state index < -0.39 is 5.97 Å². The maximum Gasteiger partial charge on any atom is 0.303 e. The molecule has 0 fully saturated rings. The lowest BCUT2D eigenvalue weighted by Crippen LogP contribution is -2.25. The Bertz CT molecular complexity index is 904. The topological polar surface area (TPSA) is 65.0 Å². The van der Waals surface area contributed by atoms with Crippen molar-refractivity contribution in [1.82, 2.24) is 0 Å². The largest absolute Gasteiger partial charge is 0.491 e. The second kappa shape index (κ2) is 8.54. The Morgan fingerprint density at radius 1 is 1.24 bits per heavy atom. The van der Waals surface area contributed by atoms with Crippen molar-refractivity contribution in [3.63, 3.8) is 0 Å². The second-order valence-corrected chi connectivity index (χ2v) is 8.65. The summed E-state index contributed by atoms with van der Waals surface area (Å²) in [6.07, 6.45) is 1.24. The molecule has 3 rings (SSSR count). The Balaban J connectivity index is 1.78. The molecule has 1 heterocycles. The molecule has 1 aliphatic rings. The first-order valence-electron chi connectivity index (χ1n) is 9.77. The van der Waals surface area contributed by atoms with Crippen LogP contribution in [0.1, 0.15) is 50.8 Å². The molecule has 2 aromatic rings. The standard InChI is InChI=1S/C23H27ClO5/c1-14(2)28-20-11-19(7-5-15(20)6-8-21(25)26)27-13-17-10-18(24)9-16-12-23(3,4)29-22(16)17/h5,7,9-11,14H,6,8,12-13H2,1-4H3,(H,25,26). The SMILES string of the molecule is CC(C)Oc1cc(OCc2cc(Cl)cc3c2OC(C)(C)C3)ccc1CCC(=O)O. The van der Waals surface area contributed by atoms with Crippen molar-refractivity contribution >= 4 is 17.6 Å². The zero-order valence-electron chi connectivity index (χ0n) is 17.3. The van der Waals surface area contributed by atoms with E-state index in [2.05, 4.69) is 13.8 Å². The number of rotatable bonds is 8. The Hall–Kier alpha value is -2.40. The van der Waals surface area contributed by atoms with E-state index >= 15 is 0 Å². The van der Waals surface area contributed by atoms with Gasteiger partial charge in [0.2, 0.25) is 0 Å². The van der Waals surface area contributed by atoms with Crippen LogP contribution >= 0.6 is 11.6 Å². The number of hydrogen-bond acceptors (Lipinski definition) is 4. The van der Waals surface area contributed by atoms with Gasteiger partial charge in [-0.25, -0.2) is 0 Å². The minimum absolute atomic E-state index is 0.0272. The lowest BCUT2D eigenvalue weighted by molar-refractivity contribution is -0.136. The zero-order chi connectivity index (χ0) is 21.2. The molecule has 0 saturated heterocycles. The van der Waals surface area contributed by atoms with Crippen molar-refractivity contribution in [2.24, 2.45) is 0 Å². The Morgan fingerprint density at radius 3 is 2.69 bits per heavy atom. The van der Waals surface area contributed by atoms with Crippen LogP contribution < -0.4 is 14.2 Å². The third kappa shape index (κ3) is 5.57. The summed E-state index contributed by atoms with van der Waals surface area (Å²) in [7, 11) is 0. The molecule has 0 atom stereocenters. The fourth-order valence-corrected chi connectivity index (χ4v) is 3.71. The van der Waals surface area contributed by atoms with Crippen molar-refractivity contribution in [3.05, 3.63) is 52.0 Å². The molecule has 2 aromatic carbocycles. The van der Waals surface area contributed by atoms with Gasteiger partial charge in [-0.2, -0.15) is 0 Å². The maximum absolute atomic E-state index is 10.9. The minimum Gasteiger partial charge on any atom is -0.491 e. The number of hydrogen-bond donors (Lipinski definition) is 1. The van der Waals surface area contributed by atoms with Gasteiger partial charge in [0.05, 0.1) is 6.10 Å². The normalized spacial score (nSPS) is 14.4. The van der Waals surface area contributed by atoms with Gasteiger partial charge in [0, 0.05) is 29.5 Å². The molecule has 0 spiro atoms. The van der Waals surface area contributed by atoms with Crippen molar-refractivity contribution in [1.29, 1.82) is 0 Å². The molecule has 29 heavy (non-hydrogen) atoms. The lowest BCUT2D eigenvalue weighted by Gasteiger charge is -2.19. The number of ether oxygens (including phenoxy) is 3. The van der Waals surface area contributed by atoms with Crippen LogP contribution in [-0.4, -0.2) is 22.8 Å². The average molecular weight is 419 g/mol. The van der Waals surface area contributed by atoms with Crippen LogP contribution in [0.3, 0.4) is 0 Å². The van der Waals surface area contributed by atoms with Crippen LogP contribution in [0.25, 0.3) is 0 Å². The fourth-order valence-electron chi connectivity index (χ4n) is 3.45. The molecule has 0 bridgehead atoms. The number of carbonyl (C=O) groups is 1. The molecular weight excluding hydrogens is 392 g/mol. The van der Waals surface area contributed by atoms with Gasteiger partial charge in [0.15, 0.2) is 0 Å². The van der Waals surface area contributed by atoms with E-state index in [1.807, 2.05) is 44.2 Å². The first-order valence-corrected chi connectivity index (χ1v) is 10.2. The second-order valence-electron chi connectivity index (χ2n) is 8.21. The molecule has 0 amide bonds. The molecule has 0 aromatic heterocycles. The van der Waals surface area contributed by atoms with E-state index in [0.29, 0.717) is 29.5 Å². The van der Waals surface area contributed by atoms with Crippen LogP contribution in [0.5, 0.6) is 17.2 Å². The predicted octanol–water partition coefficient (Wildman–Crippen LogP) is 5.44. The van der Waals surface area contributed by atoms with E-state index in [-0.39, 0.29) is 18.1 Å². The summed E-state index contributed by atoms with van der Waals surface area (Å²) in [6, 6.07) is 9.32. The van der Waals surface area contributed by atoms with Gasteiger partial charge < -0.3 is 19.3 Å². The summed E-state index contributed by atoms with van der Waals surface area (Å²) in [4.78, 5) is 10.9. The monoisotopic (exact) mass is 418 g/mol. The molecule has 0 unspecified atom stereocenters. The van der Waals surface area contributed by atoms with Gasteiger partial charge in [-0.05, 0) is 63.4 Å². The molecule has 0 aliphatic carbocycles. The van der Waals surface area contributed by atoms with Crippen LogP contribution in [0.4, 0.5) is 0 Å². The molecule has 0 radical (unpaired) electrons. The highest BCUT2D eigenvalue weighted by molar-refractivity contribution is 6.30. The van der Waals surface area contributed by atoms with Crippen molar-refractivity contribution < 1.29 is 24.1 Å². The van der Waals surface area contributed by atoms with Crippen LogP contribution in [-0.2, 0) is 24.2 Å². The smallest absolute Gasteiger partial charge is 0.303 e. The number of halogens is 1. The summed E-state index contributed by atoms with van der Waals surface area (Å²) in [5.74, 6) is 1.30. The molecule has 156 valence electrons. The molecule has 0 saturated carbocycles. The minimum atomic E-state index is -0.835. The highest BCUT2D eigenvalue weighted by Crippen LogP contribution is 2.40. The summed E-state index contributed by atoms with van der Waals surface area (Å²) >= 11 is 6.29. The first kappa shape index (κ1) is 21.3. The lowest BCUT2D eigenvalue weighted by atomic mass is 10.0. The van der Waals surface area contributed by atoms with E-state index in [0.717, 1.165) is 28.9 Å². The Labute approximate surface area is 176 Å². The van der Waals surface area contributed by atoms with Gasteiger partial charge in [0.25, 0.3) is 0 Å². The molecular formula is C23H27ClO5. The predicted molar refractivity (Wildman–Crippen MR) is 112 cm³/mol. The van der Waals surface area contributed by atoms with E-state index in [1.165, 1.54) is 0 Å². The van der Waals surface area contributed by atoms with Crippen LogP contribution in [0, 0.1) is 0 Å². The highest BCUT2D eigenvalue weighted by atomic mass is 35.5. The number of fused-ring (bicyclic) bond motifs is 1. The summed E-state index contributed by atoms with van der Waals surface area (Å²) in [5, 5.41) is 9.62. The highest BCUT2D eigenvalue weighted by Gasteiger charge is 2.32. The average Bonchev–Trinajstić information content (AvgIpc) is 2.92. The van der Waals surface area contributed by atoms with Crippen molar-refractivity contribution in [2.75, 3.05) is 0 Å². The molecule has 5 nitrogen and oxygen atoms in total. The molecule has 1 aliphatic heterocycles. The number of aryl methyl sites for hydroxylation is 1. The zero-order valence-corrected chi connectivity index (χ0v) is 18.0. The molecule has 6 heteroatoms. The van der Waals surface area contributed by atoms with E-state index in [1.54, 1.807) is 0 Å². The number of benzene rings is 2. The van der Waals surface area contributed by atoms with Crippen molar-refractivity contribution in [2.45, 2.75) is 65.3 Å². The van der Waals surface area contributed by atoms with Gasteiger partial charge in [-0.15, -0.1) is 0 Å². The van der Waals surface area contributed by atoms with Gasteiger partial charge in [0.1, 0.15) is 29.5 Å². The number of aliphatic carboxylic acids is 1. The third-order valence-electron chi connectivity index (χ3n) is 4.61. The summed E-state index contributed by atoms with van der Waals surface area (Å²) in [6.45, 7) is 8.29. The van der Waals surface area contributed by atoms with Gasteiger partial charge in [-0.1, -0.05) is 17.7 Å². The van der Waals surface area contributed by atoms with Gasteiger partial charge >= 0.3 is 5.97 Å². The third-order valence-corrected chi connectivity index (χ3v) is 4.82. The summed E-state index contributed by atoms with van der Waals surface area (Å²) in [5.41, 5.74) is 2.58. The number of carboxylic acid groups (broad SMARTS) is 1. The van der Waals surface area contributed by atoms with Gasteiger partial charge in [-0.3, -0.25) is 4.79 Å². The van der Waals surface area contributed by atoms with E-state index in [4.69, 9.17) is 30.9 Å². The Kier molecular flexibility index (Phi) is 6.27.